The first-order valence-corrected chi connectivity index (χ1v) is 5.11. The van der Waals surface area contributed by atoms with Crippen molar-refractivity contribution >= 4 is 23.3 Å². The van der Waals surface area contributed by atoms with Gasteiger partial charge in [0.05, 0.1) is 11.3 Å². The number of nitro groups is 1. The summed E-state index contributed by atoms with van der Waals surface area (Å²) in [6.45, 7) is -0.0515. The molecule has 0 radical (unpaired) electrons. The van der Waals surface area contributed by atoms with Crippen LogP contribution in [0.2, 0.25) is 5.02 Å². The number of rotatable bonds is 4. The monoisotopic (exact) mass is 244 g/mol. The Morgan fingerprint density at radius 3 is 2.94 bits per heavy atom. The molecule has 1 aromatic heterocycles. The molecule has 0 unspecified atom stereocenters. The van der Waals surface area contributed by atoms with Gasteiger partial charge in [0.2, 0.25) is 5.91 Å². The summed E-state index contributed by atoms with van der Waals surface area (Å²) in [7, 11) is 0. The van der Waals surface area contributed by atoms with Crippen molar-refractivity contribution in [2.24, 2.45) is 0 Å². The maximum absolute atomic E-state index is 11.4. The lowest BCUT2D eigenvalue weighted by molar-refractivity contribution is -0.389. The summed E-state index contributed by atoms with van der Waals surface area (Å²) >= 11 is 5.58. The summed E-state index contributed by atoms with van der Waals surface area (Å²) in [6.07, 6.45) is 3.25. The van der Waals surface area contributed by atoms with Crippen LogP contribution in [-0.2, 0) is 11.3 Å². The minimum Gasteiger partial charge on any atom is -0.358 e. The fourth-order valence-electron chi connectivity index (χ4n) is 1.24. The zero-order valence-electron chi connectivity index (χ0n) is 8.22. The molecule has 2 rings (SSSR count). The fraction of sp³-hybridized carbons (Fsp3) is 0.500. The Morgan fingerprint density at radius 1 is 1.75 bits per heavy atom. The first kappa shape index (κ1) is 10.9. The zero-order chi connectivity index (χ0) is 11.7. The Kier molecular flexibility index (Phi) is 2.78. The van der Waals surface area contributed by atoms with Crippen LogP contribution in [0.15, 0.2) is 6.20 Å². The van der Waals surface area contributed by atoms with Crippen LogP contribution in [0.25, 0.3) is 0 Å². The normalized spacial score (nSPS) is 14.8. The Balaban J connectivity index is 2.00. The average Bonchev–Trinajstić information content (AvgIpc) is 2.89. The van der Waals surface area contributed by atoms with Crippen molar-refractivity contribution in [2.45, 2.75) is 25.4 Å². The smallest absolute Gasteiger partial charge is 0.358 e. The lowest BCUT2D eigenvalue weighted by atomic mass is 10.5. The van der Waals surface area contributed by atoms with Crippen molar-refractivity contribution in [1.82, 2.24) is 15.1 Å². The minimum atomic E-state index is -0.683. The van der Waals surface area contributed by atoms with Crippen molar-refractivity contribution < 1.29 is 9.72 Å². The maximum atomic E-state index is 11.4. The third-order valence-electron chi connectivity index (χ3n) is 2.12. The van der Waals surface area contributed by atoms with Gasteiger partial charge in [-0.25, -0.2) is 0 Å². The van der Waals surface area contributed by atoms with Crippen LogP contribution in [0.4, 0.5) is 5.82 Å². The largest absolute Gasteiger partial charge is 0.408 e. The maximum Gasteiger partial charge on any atom is 0.408 e. The molecule has 0 aliphatic heterocycles. The number of amides is 1. The third kappa shape index (κ3) is 2.48. The van der Waals surface area contributed by atoms with E-state index in [1.165, 1.54) is 6.20 Å². The molecule has 8 heteroatoms. The molecule has 0 aromatic carbocycles. The predicted molar refractivity (Wildman–Crippen MR) is 55.1 cm³/mol. The van der Waals surface area contributed by atoms with Gasteiger partial charge in [0, 0.05) is 6.04 Å². The van der Waals surface area contributed by atoms with E-state index < -0.39 is 10.7 Å². The number of nitrogens with zero attached hydrogens (tertiary/aromatic N) is 3. The highest BCUT2D eigenvalue weighted by atomic mass is 35.5. The Bertz CT molecular complexity index is 440. The summed E-state index contributed by atoms with van der Waals surface area (Å²) in [6, 6.07) is 0.258. The molecule has 0 saturated heterocycles. The third-order valence-corrected chi connectivity index (χ3v) is 2.39. The molecule has 1 N–H and O–H groups in total. The standard InChI is InChI=1S/C8H9ClN4O3/c9-6-3-12(11-8(6)13(15)16)4-7(14)10-5-1-2-5/h3,5H,1-2,4H2,(H,10,14). The lowest BCUT2D eigenvalue weighted by Gasteiger charge is -1.99. The molecular formula is C8H9ClN4O3. The summed E-state index contributed by atoms with van der Waals surface area (Å²) in [5.41, 5.74) is 0. The second-order valence-electron chi connectivity index (χ2n) is 3.60. The van der Waals surface area contributed by atoms with Gasteiger partial charge in [-0.3, -0.25) is 4.79 Å². The SMILES string of the molecule is O=C(Cn1cc(Cl)c([N+](=O)[O-])n1)NC1CC1. The topological polar surface area (TPSA) is 90.1 Å². The predicted octanol–water partition coefficient (Wildman–Crippen LogP) is 0.723. The van der Waals surface area contributed by atoms with Gasteiger partial charge in [0.15, 0.2) is 5.02 Å². The molecule has 1 aromatic rings. The Labute approximate surface area is 95.5 Å². The van der Waals surface area contributed by atoms with E-state index in [0.717, 1.165) is 17.5 Å². The molecule has 0 spiro atoms. The molecule has 86 valence electrons. The molecule has 0 bridgehead atoms. The van der Waals surface area contributed by atoms with Crippen LogP contribution in [0.5, 0.6) is 0 Å². The van der Waals surface area contributed by atoms with Gasteiger partial charge in [0.1, 0.15) is 6.54 Å². The lowest BCUT2D eigenvalue weighted by Crippen LogP contribution is -2.29. The van der Waals surface area contributed by atoms with Crippen molar-refractivity contribution in [3.8, 4) is 0 Å². The number of hydrogen-bond donors (Lipinski definition) is 1. The van der Waals surface area contributed by atoms with E-state index >= 15 is 0 Å². The second-order valence-corrected chi connectivity index (χ2v) is 4.00. The fourth-order valence-corrected chi connectivity index (χ4v) is 1.46. The van der Waals surface area contributed by atoms with Gasteiger partial charge < -0.3 is 15.4 Å². The van der Waals surface area contributed by atoms with E-state index in [1.54, 1.807) is 0 Å². The highest BCUT2D eigenvalue weighted by Gasteiger charge is 2.25. The molecule has 7 nitrogen and oxygen atoms in total. The second kappa shape index (κ2) is 4.09. The van der Waals surface area contributed by atoms with Crippen LogP contribution < -0.4 is 5.32 Å². The number of nitrogens with one attached hydrogen (secondary N) is 1. The van der Waals surface area contributed by atoms with Crippen LogP contribution in [0, 0.1) is 10.1 Å². The molecule has 16 heavy (non-hydrogen) atoms. The summed E-state index contributed by atoms with van der Waals surface area (Å²) < 4.78 is 1.16. The van der Waals surface area contributed by atoms with Crippen molar-refractivity contribution in [3.05, 3.63) is 21.3 Å². The highest BCUT2D eigenvalue weighted by Crippen LogP contribution is 2.21. The average molecular weight is 245 g/mol. The number of aromatic nitrogens is 2. The van der Waals surface area contributed by atoms with Crippen LogP contribution in [0.3, 0.4) is 0 Å². The van der Waals surface area contributed by atoms with Gasteiger partial charge in [-0.1, -0.05) is 11.6 Å². The molecule has 1 amide bonds. The van der Waals surface area contributed by atoms with Gasteiger partial charge >= 0.3 is 5.82 Å². The van der Waals surface area contributed by atoms with Crippen molar-refractivity contribution in [1.29, 1.82) is 0 Å². The van der Waals surface area contributed by atoms with Gasteiger partial charge in [-0.05, 0) is 17.8 Å². The van der Waals surface area contributed by atoms with Crippen LogP contribution in [0.1, 0.15) is 12.8 Å². The van der Waals surface area contributed by atoms with E-state index in [0.29, 0.717) is 0 Å². The van der Waals surface area contributed by atoms with Gasteiger partial charge in [0.25, 0.3) is 0 Å². The van der Waals surface area contributed by atoms with Crippen LogP contribution >= 0.6 is 11.6 Å². The van der Waals surface area contributed by atoms with E-state index in [9.17, 15) is 14.9 Å². The first-order valence-electron chi connectivity index (χ1n) is 4.73. The minimum absolute atomic E-state index is 0.0515. The number of carbonyl (C=O) groups is 1. The van der Waals surface area contributed by atoms with E-state index in [1.807, 2.05) is 0 Å². The quantitative estimate of drug-likeness (QED) is 0.624. The Hall–Kier alpha value is -1.63. The van der Waals surface area contributed by atoms with Gasteiger partial charge in [-0.2, -0.15) is 4.68 Å². The molecule has 0 atom stereocenters. The number of hydrogen-bond acceptors (Lipinski definition) is 4. The van der Waals surface area contributed by atoms with E-state index in [2.05, 4.69) is 10.4 Å². The van der Waals surface area contributed by atoms with E-state index in [-0.39, 0.29) is 23.5 Å². The number of halogens is 1. The number of carbonyl (C=O) groups excluding carboxylic acids is 1. The molecule has 1 aliphatic rings. The van der Waals surface area contributed by atoms with Crippen molar-refractivity contribution in [3.63, 3.8) is 0 Å². The molecule has 1 heterocycles. The first-order chi connectivity index (χ1) is 7.56. The Morgan fingerprint density at radius 2 is 2.44 bits per heavy atom. The molecular weight excluding hydrogens is 236 g/mol. The summed E-state index contributed by atoms with van der Waals surface area (Å²) in [4.78, 5) is 21.1. The molecule has 1 fully saturated rings. The zero-order valence-corrected chi connectivity index (χ0v) is 8.98. The van der Waals surface area contributed by atoms with E-state index in [4.69, 9.17) is 11.6 Å². The molecule has 1 aliphatic carbocycles. The van der Waals surface area contributed by atoms with Gasteiger partial charge in [-0.15, -0.1) is 0 Å². The highest BCUT2D eigenvalue weighted by molar-refractivity contribution is 6.32. The van der Waals surface area contributed by atoms with Crippen LogP contribution in [-0.4, -0.2) is 26.7 Å². The summed E-state index contributed by atoms with van der Waals surface area (Å²) in [5, 5.41) is 16.7. The van der Waals surface area contributed by atoms with Crippen molar-refractivity contribution in [2.75, 3.05) is 0 Å². The molecule has 1 saturated carbocycles. The summed E-state index contributed by atoms with van der Waals surface area (Å²) in [5.74, 6) is -0.641.